The molecule has 0 spiro atoms. The Balaban J connectivity index is 1.73. The molecule has 26 heavy (non-hydrogen) atoms. The lowest BCUT2D eigenvalue weighted by atomic mass is 9.98. The number of esters is 1. The van der Waals surface area contributed by atoms with Crippen LogP contribution < -0.4 is 5.32 Å². The Morgan fingerprint density at radius 3 is 2.50 bits per heavy atom. The zero-order valence-corrected chi connectivity index (χ0v) is 14.9. The van der Waals surface area contributed by atoms with Gasteiger partial charge in [0.1, 0.15) is 11.9 Å². The average Bonchev–Trinajstić information content (AvgIpc) is 2.64. The maximum absolute atomic E-state index is 13.7. The lowest BCUT2D eigenvalue weighted by Crippen LogP contribution is -2.21. The summed E-state index contributed by atoms with van der Waals surface area (Å²) in [6, 6.07) is 10.2. The van der Waals surface area contributed by atoms with E-state index in [0.717, 1.165) is 32.1 Å². The molecule has 136 valence electrons. The SMILES string of the molecule is O=C(Nc1ccc(Cl)c(C(=O)OC2CCCCC2)c1)c1ccccc1F. The second kappa shape index (κ2) is 8.32. The molecule has 0 unspecified atom stereocenters. The summed E-state index contributed by atoms with van der Waals surface area (Å²) in [6.07, 6.45) is 4.87. The molecule has 0 aromatic heterocycles. The number of nitrogens with one attached hydrogen (secondary N) is 1. The molecule has 2 aromatic carbocycles. The minimum atomic E-state index is -0.615. The molecule has 1 amide bonds. The first-order chi connectivity index (χ1) is 12.5. The maximum atomic E-state index is 13.7. The van der Waals surface area contributed by atoms with Crippen LogP contribution in [-0.2, 0) is 4.74 Å². The first-order valence-corrected chi connectivity index (χ1v) is 8.99. The molecule has 1 aliphatic rings. The third-order valence-corrected chi connectivity index (χ3v) is 4.72. The number of hydrogen-bond acceptors (Lipinski definition) is 3. The highest BCUT2D eigenvalue weighted by Crippen LogP contribution is 2.26. The molecular formula is C20H19ClFNO3. The maximum Gasteiger partial charge on any atom is 0.340 e. The number of ether oxygens (including phenoxy) is 1. The molecule has 1 fully saturated rings. The van der Waals surface area contributed by atoms with Crippen LogP contribution in [0.5, 0.6) is 0 Å². The minimum absolute atomic E-state index is 0.0752. The van der Waals surface area contributed by atoms with E-state index in [4.69, 9.17) is 16.3 Å². The van der Waals surface area contributed by atoms with Crippen LogP contribution in [0.4, 0.5) is 10.1 Å². The molecule has 0 heterocycles. The Morgan fingerprint density at radius 1 is 1.04 bits per heavy atom. The second-order valence-electron chi connectivity index (χ2n) is 6.29. The molecule has 1 N–H and O–H groups in total. The Labute approximate surface area is 156 Å². The molecule has 0 saturated heterocycles. The summed E-state index contributed by atoms with van der Waals surface area (Å²) in [5.41, 5.74) is 0.454. The monoisotopic (exact) mass is 375 g/mol. The minimum Gasteiger partial charge on any atom is -0.459 e. The molecule has 4 nitrogen and oxygen atoms in total. The van der Waals surface area contributed by atoms with Crippen molar-refractivity contribution in [3.05, 3.63) is 64.4 Å². The van der Waals surface area contributed by atoms with Crippen molar-refractivity contribution in [3.8, 4) is 0 Å². The zero-order valence-electron chi connectivity index (χ0n) is 14.1. The fraction of sp³-hybridized carbons (Fsp3) is 0.300. The van der Waals surface area contributed by atoms with Crippen LogP contribution in [0, 0.1) is 5.82 Å². The largest absolute Gasteiger partial charge is 0.459 e. The van der Waals surface area contributed by atoms with Crippen molar-refractivity contribution in [1.82, 2.24) is 0 Å². The van der Waals surface area contributed by atoms with Crippen LogP contribution in [-0.4, -0.2) is 18.0 Å². The van der Waals surface area contributed by atoms with Crippen molar-refractivity contribution in [1.29, 1.82) is 0 Å². The zero-order chi connectivity index (χ0) is 18.5. The number of halogens is 2. The number of carbonyl (C=O) groups is 2. The number of hydrogen-bond donors (Lipinski definition) is 1. The van der Waals surface area contributed by atoms with E-state index in [1.807, 2.05) is 0 Å². The number of amides is 1. The predicted octanol–water partition coefficient (Wildman–Crippen LogP) is 5.22. The Kier molecular flexibility index (Phi) is 5.89. The van der Waals surface area contributed by atoms with Crippen molar-refractivity contribution < 1.29 is 18.7 Å². The highest BCUT2D eigenvalue weighted by atomic mass is 35.5. The van der Waals surface area contributed by atoms with Crippen LogP contribution >= 0.6 is 11.6 Å². The van der Waals surface area contributed by atoms with Gasteiger partial charge >= 0.3 is 5.97 Å². The van der Waals surface area contributed by atoms with Crippen molar-refractivity contribution in [3.63, 3.8) is 0 Å². The topological polar surface area (TPSA) is 55.4 Å². The van der Waals surface area contributed by atoms with Gasteiger partial charge in [-0.25, -0.2) is 9.18 Å². The van der Waals surface area contributed by atoms with Crippen molar-refractivity contribution in [2.75, 3.05) is 5.32 Å². The van der Waals surface area contributed by atoms with Gasteiger partial charge in [0.15, 0.2) is 0 Å². The lowest BCUT2D eigenvalue weighted by Gasteiger charge is -2.22. The van der Waals surface area contributed by atoms with Crippen molar-refractivity contribution in [2.45, 2.75) is 38.2 Å². The van der Waals surface area contributed by atoms with Crippen molar-refractivity contribution in [2.24, 2.45) is 0 Å². The van der Waals surface area contributed by atoms with Gasteiger partial charge < -0.3 is 10.1 Å². The summed E-state index contributed by atoms with van der Waals surface area (Å²) >= 11 is 6.11. The fourth-order valence-corrected chi connectivity index (χ4v) is 3.20. The normalized spacial score (nSPS) is 14.7. The quantitative estimate of drug-likeness (QED) is 0.745. The Morgan fingerprint density at radius 2 is 1.77 bits per heavy atom. The average molecular weight is 376 g/mol. The van der Waals surface area contributed by atoms with Gasteiger partial charge in [0.05, 0.1) is 16.1 Å². The van der Waals surface area contributed by atoms with Gasteiger partial charge in [0, 0.05) is 5.69 Å². The van der Waals surface area contributed by atoms with Crippen LogP contribution in [0.3, 0.4) is 0 Å². The van der Waals surface area contributed by atoms with Crippen molar-refractivity contribution >= 4 is 29.2 Å². The van der Waals surface area contributed by atoms with Gasteiger partial charge in [-0.2, -0.15) is 0 Å². The third-order valence-electron chi connectivity index (χ3n) is 4.39. The van der Waals surface area contributed by atoms with Gasteiger partial charge in [-0.05, 0) is 56.0 Å². The number of anilines is 1. The molecule has 0 atom stereocenters. The first kappa shape index (κ1) is 18.4. The first-order valence-electron chi connectivity index (χ1n) is 8.61. The van der Waals surface area contributed by atoms with Crippen LogP contribution in [0.2, 0.25) is 5.02 Å². The molecular weight excluding hydrogens is 357 g/mol. The molecule has 2 aromatic rings. The third kappa shape index (κ3) is 4.41. The lowest BCUT2D eigenvalue weighted by molar-refractivity contribution is 0.0211. The van der Waals surface area contributed by atoms with Gasteiger partial charge in [0.25, 0.3) is 5.91 Å². The molecule has 3 rings (SSSR count). The number of benzene rings is 2. The summed E-state index contributed by atoms with van der Waals surface area (Å²) in [7, 11) is 0. The summed E-state index contributed by atoms with van der Waals surface area (Å²) in [4.78, 5) is 24.6. The summed E-state index contributed by atoms with van der Waals surface area (Å²) in [5, 5.41) is 2.82. The van der Waals surface area contributed by atoms with Crippen LogP contribution in [0.25, 0.3) is 0 Å². The molecule has 1 aliphatic carbocycles. The van der Waals surface area contributed by atoms with E-state index >= 15 is 0 Å². The summed E-state index contributed by atoms with van der Waals surface area (Å²) in [6.45, 7) is 0. The number of rotatable bonds is 4. The standard InChI is InChI=1S/C20H19ClFNO3/c21-17-11-10-13(23-19(24)15-8-4-5-9-18(15)22)12-16(17)20(25)26-14-6-2-1-3-7-14/h4-5,8-12,14H,1-3,6-7H2,(H,23,24). The highest BCUT2D eigenvalue weighted by Gasteiger charge is 2.21. The van der Waals surface area contributed by atoms with Crippen LogP contribution in [0.1, 0.15) is 52.8 Å². The smallest absolute Gasteiger partial charge is 0.340 e. The van der Waals surface area contributed by atoms with E-state index < -0.39 is 17.7 Å². The Hall–Kier alpha value is -2.40. The van der Waals surface area contributed by atoms with Gasteiger partial charge in [-0.1, -0.05) is 30.2 Å². The van der Waals surface area contributed by atoms with Gasteiger partial charge in [-0.3, -0.25) is 4.79 Å². The van der Waals surface area contributed by atoms with Gasteiger partial charge in [-0.15, -0.1) is 0 Å². The van der Waals surface area contributed by atoms with Crippen LogP contribution in [0.15, 0.2) is 42.5 Å². The molecule has 6 heteroatoms. The molecule has 1 saturated carbocycles. The molecule has 0 aliphatic heterocycles. The van der Waals surface area contributed by atoms with E-state index in [9.17, 15) is 14.0 Å². The second-order valence-corrected chi connectivity index (χ2v) is 6.70. The van der Waals surface area contributed by atoms with Gasteiger partial charge in [0.2, 0.25) is 0 Å². The predicted molar refractivity (Wildman–Crippen MR) is 98.1 cm³/mol. The fourth-order valence-electron chi connectivity index (χ4n) is 3.00. The van der Waals surface area contributed by atoms with E-state index in [1.165, 1.54) is 30.3 Å². The van der Waals surface area contributed by atoms with E-state index in [-0.39, 0.29) is 22.3 Å². The Bertz CT molecular complexity index is 818. The molecule has 0 bridgehead atoms. The van der Waals surface area contributed by atoms with E-state index in [2.05, 4.69) is 5.32 Å². The summed E-state index contributed by atoms with van der Waals surface area (Å²) < 4.78 is 19.2. The van der Waals surface area contributed by atoms with E-state index in [0.29, 0.717) is 5.69 Å². The molecule has 0 radical (unpaired) electrons. The summed E-state index contributed by atoms with van der Waals surface area (Å²) in [5.74, 6) is -1.73. The highest BCUT2D eigenvalue weighted by molar-refractivity contribution is 6.33. The van der Waals surface area contributed by atoms with E-state index in [1.54, 1.807) is 12.1 Å². The number of carbonyl (C=O) groups excluding carboxylic acids is 2.